The average Bonchev–Trinajstić information content (AvgIpc) is 2.65. The van der Waals surface area contributed by atoms with Crippen molar-refractivity contribution >= 4 is 17.6 Å². The summed E-state index contributed by atoms with van der Waals surface area (Å²) in [6, 6.07) is 3.74. The molecule has 3 rings (SSSR count). The van der Waals surface area contributed by atoms with E-state index in [2.05, 4.69) is 36.0 Å². The van der Waals surface area contributed by atoms with Gasteiger partial charge in [-0.05, 0) is 50.0 Å². The van der Waals surface area contributed by atoms with E-state index in [1.165, 1.54) is 0 Å². The molecule has 2 unspecified atom stereocenters. The normalized spacial score (nSPS) is 23.3. The fourth-order valence-corrected chi connectivity index (χ4v) is 3.93. The van der Waals surface area contributed by atoms with Crippen LogP contribution in [0.4, 0.5) is 0 Å². The largest absolute Gasteiger partial charge is 0.322 e. The topological polar surface area (TPSA) is 62.3 Å². The summed E-state index contributed by atoms with van der Waals surface area (Å²) in [6.45, 7) is 7.71. The lowest BCUT2D eigenvalue weighted by Crippen LogP contribution is -2.36. The number of unbranched alkanes of at least 4 members (excludes halogenated alkanes) is 1. The Hall–Kier alpha value is -2.49. The molecule has 0 saturated heterocycles. The van der Waals surface area contributed by atoms with Gasteiger partial charge >= 0.3 is 0 Å². The zero-order valence-electron chi connectivity index (χ0n) is 16.6. The molecule has 0 aromatic carbocycles. The van der Waals surface area contributed by atoms with Crippen LogP contribution in [0.5, 0.6) is 0 Å². The third-order valence-corrected chi connectivity index (χ3v) is 5.90. The van der Waals surface area contributed by atoms with Gasteiger partial charge in [0, 0.05) is 29.1 Å². The summed E-state index contributed by atoms with van der Waals surface area (Å²) in [7, 11) is 0. The molecule has 1 aliphatic carbocycles. The van der Waals surface area contributed by atoms with Gasteiger partial charge in [0.25, 0.3) is 5.56 Å². The second-order valence-corrected chi connectivity index (χ2v) is 7.85. The number of Topliss-reactive ketones (excluding diaryl/α,β-unsaturated/α-hetero) is 1. The summed E-state index contributed by atoms with van der Waals surface area (Å²) >= 11 is 0. The van der Waals surface area contributed by atoms with Crippen LogP contribution in [0.25, 0.3) is 5.57 Å². The van der Waals surface area contributed by atoms with Gasteiger partial charge in [-0.1, -0.05) is 44.9 Å². The van der Waals surface area contributed by atoms with Gasteiger partial charge in [0.2, 0.25) is 0 Å². The first-order chi connectivity index (χ1) is 12.9. The number of dihydropyridines is 1. The number of aromatic amines is 1. The molecule has 1 aromatic rings. The standard InChI is InChI=1S/C23H28N2O2/c1-5-6-11-23(4,16(3)26)19-9-10-20(25-22(19)27)17-13-15(2)18-8-7-12-24-21(18)14-17/h7-10,12-15,18H,5-6,11H2,1-4H3,(H,25,27)/t15?,18?,23-/m0/s1. The number of aromatic nitrogens is 1. The van der Waals surface area contributed by atoms with Gasteiger partial charge in [0.15, 0.2) is 0 Å². The summed E-state index contributed by atoms with van der Waals surface area (Å²) in [5.41, 5.74) is 2.40. The van der Waals surface area contributed by atoms with Crippen molar-refractivity contribution in [1.29, 1.82) is 0 Å². The van der Waals surface area contributed by atoms with Gasteiger partial charge in [-0.3, -0.25) is 14.6 Å². The molecule has 0 bridgehead atoms. The SMILES string of the molecule is CCCC[C@@](C)(C(C)=O)c1ccc(C2=CC(C)C3C=CC=NC3=C2)[nH]c1=O. The molecule has 0 spiro atoms. The number of nitrogens with zero attached hydrogens (tertiary/aromatic N) is 1. The van der Waals surface area contributed by atoms with E-state index in [0.717, 1.165) is 29.8 Å². The fourth-order valence-electron chi connectivity index (χ4n) is 3.93. The van der Waals surface area contributed by atoms with Crippen molar-refractivity contribution in [2.24, 2.45) is 16.8 Å². The average molecular weight is 364 g/mol. The number of hydrogen-bond acceptors (Lipinski definition) is 3. The van der Waals surface area contributed by atoms with Crippen molar-refractivity contribution in [3.63, 3.8) is 0 Å². The monoisotopic (exact) mass is 364 g/mol. The summed E-state index contributed by atoms with van der Waals surface area (Å²) in [6.07, 6.45) is 12.7. The highest BCUT2D eigenvalue weighted by molar-refractivity contribution is 5.87. The maximum Gasteiger partial charge on any atom is 0.252 e. The maximum atomic E-state index is 12.9. The molecule has 3 atom stereocenters. The first-order valence-electron chi connectivity index (χ1n) is 9.76. The second-order valence-electron chi connectivity index (χ2n) is 7.85. The van der Waals surface area contributed by atoms with Crippen LogP contribution in [0.2, 0.25) is 0 Å². The van der Waals surface area contributed by atoms with Gasteiger partial charge in [-0.15, -0.1) is 0 Å². The van der Waals surface area contributed by atoms with Crippen molar-refractivity contribution in [2.75, 3.05) is 0 Å². The summed E-state index contributed by atoms with van der Waals surface area (Å²) in [5.74, 6) is 0.636. The molecule has 1 N–H and O–H groups in total. The zero-order chi connectivity index (χ0) is 19.6. The molecule has 2 heterocycles. The number of carbonyl (C=O) groups is 1. The Balaban J connectivity index is 1.97. The summed E-state index contributed by atoms with van der Waals surface area (Å²) in [5, 5.41) is 0. The molecule has 27 heavy (non-hydrogen) atoms. The van der Waals surface area contributed by atoms with Crippen LogP contribution in [0.1, 0.15) is 58.2 Å². The molecular formula is C23H28N2O2. The van der Waals surface area contributed by atoms with Gasteiger partial charge in [0.1, 0.15) is 5.78 Å². The number of allylic oxidation sites excluding steroid dienone is 5. The van der Waals surface area contributed by atoms with E-state index in [0.29, 0.717) is 23.8 Å². The van der Waals surface area contributed by atoms with Gasteiger partial charge in [0.05, 0.1) is 5.41 Å². The van der Waals surface area contributed by atoms with Crippen LogP contribution in [0.15, 0.2) is 51.9 Å². The van der Waals surface area contributed by atoms with Crippen LogP contribution in [-0.4, -0.2) is 17.0 Å². The van der Waals surface area contributed by atoms with Crippen LogP contribution in [0, 0.1) is 11.8 Å². The smallest absolute Gasteiger partial charge is 0.252 e. The molecule has 0 amide bonds. The van der Waals surface area contributed by atoms with Crippen molar-refractivity contribution in [1.82, 2.24) is 4.98 Å². The third kappa shape index (κ3) is 3.66. The number of ketones is 1. The molecule has 1 aromatic heterocycles. The Morgan fingerprint density at radius 3 is 2.78 bits per heavy atom. The van der Waals surface area contributed by atoms with Crippen molar-refractivity contribution in [3.8, 4) is 0 Å². The van der Waals surface area contributed by atoms with Crippen molar-refractivity contribution < 1.29 is 4.79 Å². The van der Waals surface area contributed by atoms with Crippen molar-refractivity contribution in [3.05, 3.63) is 63.7 Å². The third-order valence-electron chi connectivity index (χ3n) is 5.90. The van der Waals surface area contributed by atoms with E-state index in [9.17, 15) is 9.59 Å². The van der Waals surface area contributed by atoms with E-state index in [-0.39, 0.29) is 11.3 Å². The van der Waals surface area contributed by atoms with Gasteiger partial charge in [-0.25, -0.2) is 0 Å². The molecule has 2 aliphatic rings. The van der Waals surface area contributed by atoms with Crippen LogP contribution >= 0.6 is 0 Å². The first-order valence-corrected chi connectivity index (χ1v) is 9.76. The van der Waals surface area contributed by atoms with Crippen LogP contribution in [0.3, 0.4) is 0 Å². The Kier molecular flexibility index (Phi) is 5.45. The van der Waals surface area contributed by atoms with E-state index < -0.39 is 5.41 Å². The minimum absolute atomic E-state index is 0.0352. The van der Waals surface area contributed by atoms with E-state index in [1.807, 2.05) is 31.2 Å². The number of fused-ring (bicyclic) bond motifs is 1. The Labute approximate surface area is 160 Å². The maximum absolute atomic E-state index is 12.9. The minimum Gasteiger partial charge on any atom is -0.322 e. The first kappa shape index (κ1) is 19.3. The number of carbonyl (C=O) groups excluding carboxylic acids is 1. The molecule has 4 heteroatoms. The molecule has 1 aliphatic heterocycles. The molecule has 0 radical (unpaired) electrons. The van der Waals surface area contributed by atoms with Crippen molar-refractivity contribution in [2.45, 2.75) is 52.4 Å². The lowest BCUT2D eigenvalue weighted by Gasteiger charge is -2.27. The Morgan fingerprint density at radius 1 is 1.33 bits per heavy atom. The van der Waals surface area contributed by atoms with Crippen LogP contribution < -0.4 is 5.56 Å². The number of rotatable bonds is 6. The minimum atomic E-state index is -0.738. The molecule has 0 fully saturated rings. The van der Waals surface area contributed by atoms with Gasteiger partial charge in [-0.2, -0.15) is 0 Å². The van der Waals surface area contributed by atoms with E-state index >= 15 is 0 Å². The lowest BCUT2D eigenvalue weighted by molar-refractivity contribution is -0.122. The van der Waals surface area contributed by atoms with E-state index in [4.69, 9.17) is 0 Å². The predicted octanol–water partition coefficient (Wildman–Crippen LogP) is 4.59. The molecule has 142 valence electrons. The summed E-state index contributed by atoms with van der Waals surface area (Å²) < 4.78 is 0. The fraction of sp³-hybridized carbons (Fsp3) is 0.435. The highest BCUT2D eigenvalue weighted by atomic mass is 16.1. The Morgan fingerprint density at radius 2 is 2.11 bits per heavy atom. The second kappa shape index (κ2) is 7.63. The number of pyridine rings is 1. The highest BCUT2D eigenvalue weighted by Gasteiger charge is 2.34. The number of nitrogens with one attached hydrogen (secondary N) is 1. The van der Waals surface area contributed by atoms with E-state index in [1.54, 1.807) is 13.1 Å². The van der Waals surface area contributed by atoms with Gasteiger partial charge < -0.3 is 4.98 Å². The number of hydrogen-bond donors (Lipinski definition) is 1. The number of H-pyrrole nitrogens is 1. The zero-order valence-corrected chi connectivity index (χ0v) is 16.6. The summed E-state index contributed by atoms with van der Waals surface area (Å²) in [4.78, 5) is 32.7. The van der Waals surface area contributed by atoms with Crippen LogP contribution in [-0.2, 0) is 10.2 Å². The predicted molar refractivity (Wildman–Crippen MR) is 111 cm³/mol. The number of aliphatic imine (C=N–C) groups is 1. The lowest BCUT2D eigenvalue weighted by atomic mass is 9.75. The quantitative estimate of drug-likeness (QED) is 0.803. The Bertz CT molecular complexity index is 917. The molecule has 4 nitrogen and oxygen atoms in total. The molecule has 0 saturated carbocycles. The highest BCUT2D eigenvalue weighted by Crippen LogP contribution is 2.35. The molecular weight excluding hydrogens is 336 g/mol.